The van der Waals surface area contributed by atoms with Crippen molar-refractivity contribution in [2.45, 2.75) is 57.9 Å². The summed E-state index contributed by atoms with van der Waals surface area (Å²) in [7, 11) is 0. The van der Waals surface area contributed by atoms with Gasteiger partial charge in [-0.1, -0.05) is 19.3 Å². The van der Waals surface area contributed by atoms with Crippen molar-refractivity contribution < 1.29 is 14.3 Å². The minimum atomic E-state index is -0.161. The van der Waals surface area contributed by atoms with Crippen molar-refractivity contribution in [2.24, 2.45) is 5.92 Å². The number of ether oxygens (including phenoxy) is 1. The molecule has 120 valence electrons. The van der Waals surface area contributed by atoms with Crippen molar-refractivity contribution in [3.63, 3.8) is 0 Å². The summed E-state index contributed by atoms with van der Waals surface area (Å²) in [6.45, 7) is 4.59. The number of hydrogen-bond acceptors (Lipinski definition) is 3. The molecule has 5 heteroatoms. The lowest BCUT2D eigenvalue weighted by molar-refractivity contribution is -0.130. The molecule has 1 aliphatic carbocycles. The van der Waals surface area contributed by atoms with E-state index in [1.807, 2.05) is 11.8 Å². The predicted octanol–water partition coefficient (Wildman–Crippen LogP) is 1.71. The van der Waals surface area contributed by atoms with E-state index in [2.05, 4.69) is 5.32 Å². The summed E-state index contributed by atoms with van der Waals surface area (Å²) in [6, 6.07) is 0.377. The van der Waals surface area contributed by atoms with Gasteiger partial charge < -0.3 is 15.0 Å². The first-order chi connectivity index (χ1) is 10.2. The van der Waals surface area contributed by atoms with E-state index < -0.39 is 0 Å². The third kappa shape index (κ3) is 4.70. The van der Waals surface area contributed by atoms with E-state index in [0.717, 1.165) is 19.3 Å². The van der Waals surface area contributed by atoms with Gasteiger partial charge in [0, 0.05) is 38.8 Å². The van der Waals surface area contributed by atoms with Gasteiger partial charge in [0.2, 0.25) is 11.8 Å². The molecule has 0 radical (unpaired) electrons. The van der Waals surface area contributed by atoms with Crippen molar-refractivity contribution in [2.75, 3.05) is 26.3 Å². The van der Waals surface area contributed by atoms with Crippen molar-refractivity contribution in [3.8, 4) is 0 Å². The van der Waals surface area contributed by atoms with Gasteiger partial charge >= 0.3 is 0 Å². The summed E-state index contributed by atoms with van der Waals surface area (Å²) in [6.07, 6.45) is 7.12. The fourth-order valence-electron chi connectivity index (χ4n) is 3.33. The molecule has 2 aliphatic rings. The molecule has 1 saturated carbocycles. The topological polar surface area (TPSA) is 58.6 Å². The first kappa shape index (κ1) is 16.3. The third-order valence-corrected chi connectivity index (χ3v) is 4.51. The summed E-state index contributed by atoms with van der Waals surface area (Å²) in [4.78, 5) is 26.2. The van der Waals surface area contributed by atoms with Gasteiger partial charge in [0.1, 0.15) is 0 Å². The third-order valence-electron chi connectivity index (χ3n) is 4.51. The Bertz CT molecular complexity index is 353. The number of carbonyl (C=O) groups excluding carboxylic acids is 2. The van der Waals surface area contributed by atoms with Crippen LogP contribution in [0.3, 0.4) is 0 Å². The quantitative estimate of drug-likeness (QED) is 0.728. The normalized spacial score (nSPS) is 23.6. The maximum absolute atomic E-state index is 12.1. The zero-order chi connectivity index (χ0) is 15.1. The number of carbonyl (C=O) groups is 2. The summed E-state index contributed by atoms with van der Waals surface area (Å²) in [5.74, 6) is 0.0287. The molecular formula is C16H28N2O3. The molecule has 0 spiro atoms. The van der Waals surface area contributed by atoms with Gasteiger partial charge in [-0.25, -0.2) is 0 Å². The lowest BCUT2D eigenvalue weighted by atomic mass is 9.94. The number of rotatable bonds is 7. The van der Waals surface area contributed by atoms with Crippen LogP contribution in [0, 0.1) is 5.92 Å². The number of likely N-dealkylation sites (tertiary alicyclic amines) is 1. The Balaban J connectivity index is 1.72. The molecule has 0 aromatic carbocycles. The van der Waals surface area contributed by atoms with E-state index in [4.69, 9.17) is 4.74 Å². The average molecular weight is 296 g/mol. The molecule has 5 nitrogen and oxygen atoms in total. The minimum absolute atomic E-state index is 0.0261. The second-order valence-corrected chi connectivity index (χ2v) is 6.08. The fraction of sp³-hybridized carbons (Fsp3) is 0.875. The highest BCUT2D eigenvalue weighted by atomic mass is 16.5. The first-order valence-corrected chi connectivity index (χ1v) is 8.37. The molecule has 21 heavy (non-hydrogen) atoms. The van der Waals surface area contributed by atoms with Crippen LogP contribution in [0.5, 0.6) is 0 Å². The fourth-order valence-corrected chi connectivity index (χ4v) is 3.33. The smallest absolute Gasteiger partial charge is 0.225 e. The minimum Gasteiger partial charge on any atom is -0.382 e. The highest BCUT2D eigenvalue weighted by molar-refractivity contribution is 5.89. The van der Waals surface area contributed by atoms with Gasteiger partial charge in [0.25, 0.3) is 0 Å². The molecule has 1 N–H and O–H groups in total. The molecule has 0 unspecified atom stereocenters. The molecular weight excluding hydrogens is 268 g/mol. The summed E-state index contributed by atoms with van der Waals surface area (Å²) >= 11 is 0. The van der Waals surface area contributed by atoms with Crippen LogP contribution in [0.2, 0.25) is 0 Å². The van der Waals surface area contributed by atoms with E-state index in [9.17, 15) is 9.59 Å². The predicted molar refractivity (Wildman–Crippen MR) is 80.8 cm³/mol. The standard InChI is InChI=1S/C16H28N2O3/c1-2-21-10-6-9-17-16(20)13-11-15(19)18(12-13)14-7-4-3-5-8-14/h13-14H,2-12H2,1H3,(H,17,20)/t13-/m0/s1. The van der Waals surface area contributed by atoms with Crippen LogP contribution in [0.25, 0.3) is 0 Å². The highest BCUT2D eigenvalue weighted by Gasteiger charge is 2.37. The lowest BCUT2D eigenvalue weighted by Gasteiger charge is -2.31. The molecule has 0 bridgehead atoms. The Morgan fingerprint density at radius 3 is 2.81 bits per heavy atom. The average Bonchev–Trinajstić information content (AvgIpc) is 2.90. The Kier molecular flexibility index (Phi) is 6.49. The Labute approximate surface area is 127 Å². The second kappa shape index (κ2) is 8.37. The molecule has 2 rings (SSSR count). The summed E-state index contributed by atoms with van der Waals surface area (Å²) in [5, 5.41) is 2.93. The van der Waals surface area contributed by atoms with Gasteiger partial charge in [-0.05, 0) is 26.2 Å². The molecule has 1 aliphatic heterocycles. The lowest BCUT2D eigenvalue weighted by Crippen LogP contribution is -2.39. The van der Waals surface area contributed by atoms with Gasteiger partial charge in [-0.3, -0.25) is 9.59 Å². The van der Waals surface area contributed by atoms with Crippen molar-refractivity contribution in [1.29, 1.82) is 0 Å². The van der Waals surface area contributed by atoms with Crippen molar-refractivity contribution >= 4 is 11.8 Å². The summed E-state index contributed by atoms with van der Waals surface area (Å²) in [5.41, 5.74) is 0. The number of nitrogens with one attached hydrogen (secondary N) is 1. The van der Waals surface area contributed by atoms with Gasteiger partial charge in [-0.15, -0.1) is 0 Å². The molecule has 1 heterocycles. The zero-order valence-electron chi connectivity index (χ0n) is 13.1. The van der Waals surface area contributed by atoms with Crippen LogP contribution < -0.4 is 5.32 Å². The van der Waals surface area contributed by atoms with Crippen LogP contribution in [0.15, 0.2) is 0 Å². The van der Waals surface area contributed by atoms with Crippen LogP contribution >= 0.6 is 0 Å². The van der Waals surface area contributed by atoms with Crippen LogP contribution in [0.1, 0.15) is 51.9 Å². The van der Waals surface area contributed by atoms with Crippen molar-refractivity contribution in [3.05, 3.63) is 0 Å². The van der Waals surface area contributed by atoms with E-state index in [1.54, 1.807) is 0 Å². The molecule has 1 atom stereocenters. The first-order valence-electron chi connectivity index (χ1n) is 8.37. The number of nitrogens with zero attached hydrogens (tertiary/aromatic N) is 1. The van der Waals surface area contributed by atoms with Crippen LogP contribution in [-0.4, -0.2) is 49.1 Å². The van der Waals surface area contributed by atoms with Crippen LogP contribution in [-0.2, 0) is 14.3 Å². The second-order valence-electron chi connectivity index (χ2n) is 6.08. The zero-order valence-corrected chi connectivity index (χ0v) is 13.1. The molecule has 0 aromatic rings. The molecule has 1 saturated heterocycles. The SMILES string of the molecule is CCOCCCNC(=O)[C@H]1CC(=O)N(C2CCCCC2)C1. The molecule has 2 amide bonds. The summed E-state index contributed by atoms with van der Waals surface area (Å²) < 4.78 is 5.24. The van der Waals surface area contributed by atoms with Crippen LogP contribution in [0.4, 0.5) is 0 Å². The number of hydrogen-bond donors (Lipinski definition) is 1. The maximum atomic E-state index is 12.1. The van der Waals surface area contributed by atoms with E-state index >= 15 is 0 Å². The van der Waals surface area contributed by atoms with Gasteiger partial charge in [0.05, 0.1) is 5.92 Å². The molecule has 0 aromatic heterocycles. The van der Waals surface area contributed by atoms with Gasteiger partial charge in [-0.2, -0.15) is 0 Å². The van der Waals surface area contributed by atoms with E-state index in [-0.39, 0.29) is 17.7 Å². The molecule has 2 fully saturated rings. The Hall–Kier alpha value is -1.10. The van der Waals surface area contributed by atoms with Crippen molar-refractivity contribution in [1.82, 2.24) is 10.2 Å². The Morgan fingerprint density at radius 2 is 2.10 bits per heavy atom. The van der Waals surface area contributed by atoms with Gasteiger partial charge in [0.15, 0.2) is 0 Å². The largest absolute Gasteiger partial charge is 0.382 e. The van der Waals surface area contributed by atoms with E-state index in [1.165, 1.54) is 19.3 Å². The maximum Gasteiger partial charge on any atom is 0.225 e. The Morgan fingerprint density at radius 1 is 1.33 bits per heavy atom. The number of amides is 2. The monoisotopic (exact) mass is 296 g/mol. The van der Waals surface area contributed by atoms with E-state index in [0.29, 0.717) is 38.8 Å². The highest BCUT2D eigenvalue weighted by Crippen LogP contribution is 2.28.